The Bertz CT molecular complexity index is 666. The SMILES string of the molecule is O=C1C2=CCC=CC2S(=O)(=O)c2ccccc21. The zero-order valence-electron chi connectivity index (χ0n) is 8.96. The van der Waals surface area contributed by atoms with E-state index in [0.29, 0.717) is 17.6 Å². The number of ketones is 1. The maximum Gasteiger partial charge on any atom is 0.191 e. The largest absolute Gasteiger partial charge is 0.289 e. The number of hydrogen-bond acceptors (Lipinski definition) is 3. The van der Waals surface area contributed by atoms with Gasteiger partial charge in [-0.05, 0) is 18.6 Å². The molecule has 0 N–H and O–H groups in total. The Kier molecular flexibility index (Phi) is 2.10. The third-order valence-corrected chi connectivity index (χ3v) is 5.17. The number of Topliss-reactive ketones (excluding diaryl/α,β-unsaturated/α-hetero) is 1. The van der Waals surface area contributed by atoms with Crippen LogP contribution in [0.3, 0.4) is 0 Å². The minimum atomic E-state index is -3.45. The smallest absolute Gasteiger partial charge is 0.191 e. The van der Waals surface area contributed by atoms with E-state index in [9.17, 15) is 13.2 Å². The molecule has 0 spiro atoms. The van der Waals surface area contributed by atoms with Crippen molar-refractivity contribution in [2.45, 2.75) is 16.6 Å². The van der Waals surface area contributed by atoms with Gasteiger partial charge in [0.15, 0.2) is 15.6 Å². The number of rotatable bonds is 0. The predicted molar refractivity (Wildman–Crippen MR) is 63.6 cm³/mol. The monoisotopic (exact) mass is 246 g/mol. The average Bonchev–Trinajstić information content (AvgIpc) is 2.37. The van der Waals surface area contributed by atoms with Gasteiger partial charge in [-0.15, -0.1) is 0 Å². The van der Waals surface area contributed by atoms with E-state index in [4.69, 9.17) is 0 Å². The molecular formula is C13H10O3S. The number of carbonyl (C=O) groups excluding carboxylic acids is 1. The second kappa shape index (κ2) is 3.40. The van der Waals surface area contributed by atoms with Crippen molar-refractivity contribution in [1.82, 2.24) is 0 Å². The maximum atomic E-state index is 12.3. The fraction of sp³-hybridized carbons (Fsp3) is 0.154. The fourth-order valence-corrected chi connectivity index (χ4v) is 4.17. The van der Waals surface area contributed by atoms with E-state index in [1.807, 2.05) is 0 Å². The van der Waals surface area contributed by atoms with Gasteiger partial charge in [-0.2, -0.15) is 0 Å². The Morgan fingerprint density at radius 2 is 1.94 bits per heavy atom. The van der Waals surface area contributed by atoms with Crippen molar-refractivity contribution in [1.29, 1.82) is 0 Å². The Hall–Kier alpha value is -1.68. The van der Waals surface area contributed by atoms with Gasteiger partial charge in [-0.1, -0.05) is 30.4 Å². The number of allylic oxidation sites excluding steroid dienone is 2. The second-order valence-corrected chi connectivity index (χ2v) is 6.15. The molecule has 1 aromatic rings. The molecule has 0 amide bonds. The summed E-state index contributed by atoms with van der Waals surface area (Å²) in [6.45, 7) is 0. The van der Waals surface area contributed by atoms with E-state index < -0.39 is 15.1 Å². The first kappa shape index (κ1) is 10.5. The molecule has 3 rings (SSSR count). The molecule has 1 heterocycles. The highest BCUT2D eigenvalue weighted by molar-refractivity contribution is 7.92. The van der Waals surface area contributed by atoms with Crippen molar-refractivity contribution in [3.05, 3.63) is 53.6 Å². The summed E-state index contributed by atoms with van der Waals surface area (Å²) in [6, 6.07) is 6.41. The summed E-state index contributed by atoms with van der Waals surface area (Å²) in [7, 11) is -3.45. The molecule has 1 aliphatic carbocycles. The van der Waals surface area contributed by atoms with Crippen LogP contribution in [0.5, 0.6) is 0 Å². The maximum absolute atomic E-state index is 12.3. The molecule has 0 bridgehead atoms. The highest BCUT2D eigenvalue weighted by Crippen LogP contribution is 2.35. The van der Waals surface area contributed by atoms with Gasteiger partial charge in [-0.25, -0.2) is 8.42 Å². The van der Waals surface area contributed by atoms with Crippen LogP contribution in [0.15, 0.2) is 53.0 Å². The number of fused-ring (bicyclic) bond motifs is 2. The summed E-state index contributed by atoms with van der Waals surface area (Å²) < 4.78 is 24.7. The highest BCUT2D eigenvalue weighted by atomic mass is 32.2. The van der Waals surface area contributed by atoms with Crippen molar-refractivity contribution in [2.75, 3.05) is 0 Å². The lowest BCUT2D eigenvalue weighted by Crippen LogP contribution is -2.33. The summed E-state index contributed by atoms with van der Waals surface area (Å²) in [5, 5.41) is -0.793. The topological polar surface area (TPSA) is 51.2 Å². The number of sulfone groups is 1. The molecule has 0 radical (unpaired) electrons. The molecule has 1 unspecified atom stereocenters. The molecule has 0 saturated heterocycles. The molecule has 0 fully saturated rings. The zero-order valence-corrected chi connectivity index (χ0v) is 9.78. The average molecular weight is 246 g/mol. The van der Waals surface area contributed by atoms with E-state index in [1.165, 1.54) is 6.07 Å². The third kappa shape index (κ3) is 1.34. The lowest BCUT2D eigenvalue weighted by atomic mass is 9.96. The van der Waals surface area contributed by atoms with Crippen LogP contribution in [0, 0.1) is 0 Å². The zero-order chi connectivity index (χ0) is 12.0. The molecule has 0 saturated carbocycles. The van der Waals surface area contributed by atoms with Crippen LogP contribution >= 0.6 is 0 Å². The van der Waals surface area contributed by atoms with Gasteiger partial charge in [0.25, 0.3) is 0 Å². The second-order valence-electron chi connectivity index (χ2n) is 4.11. The third-order valence-electron chi connectivity index (χ3n) is 3.13. The standard InChI is InChI=1S/C13H10O3S/c14-13-9-5-1-3-7-11(9)17(15,16)12-8-4-2-6-10(12)13/h1,3-8,12H,2H2. The van der Waals surface area contributed by atoms with Crippen molar-refractivity contribution in [2.24, 2.45) is 0 Å². The highest BCUT2D eigenvalue weighted by Gasteiger charge is 2.40. The van der Waals surface area contributed by atoms with Gasteiger partial charge in [0.05, 0.1) is 4.90 Å². The molecule has 86 valence electrons. The molecule has 0 aromatic heterocycles. The number of benzene rings is 1. The minimum absolute atomic E-state index is 0.152. The van der Waals surface area contributed by atoms with E-state index in [0.717, 1.165) is 0 Å². The van der Waals surface area contributed by atoms with Crippen LogP contribution < -0.4 is 0 Å². The molecule has 1 aromatic carbocycles. The lowest BCUT2D eigenvalue weighted by molar-refractivity contribution is 0.102. The molecular weight excluding hydrogens is 236 g/mol. The first-order valence-electron chi connectivity index (χ1n) is 5.37. The molecule has 17 heavy (non-hydrogen) atoms. The van der Waals surface area contributed by atoms with E-state index in [-0.39, 0.29) is 10.7 Å². The Balaban J connectivity index is 2.36. The lowest BCUT2D eigenvalue weighted by Gasteiger charge is -2.26. The summed E-state index contributed by atoms with van der Waals surface area (Å²) >= 11 is 0. The van der Waals surface area contributed by atoms with Gasteiger partial charge in [0, 0.05) is 11.1 Å². The Morgan fingerprint density at radius 1 is 1.18 bits per heavy atom. The van der Waals surface area contributed by atoms with Crippen LogP contribution in [-0.2, 0) is 9.84 Å². The normalized spacial score (nSPS) is 24.8. The Labute approximate surface area is 99.4 Å². The van der Waals surface area contributed by atoms with Crippen molar-refractivity contribution in [3.8, 4) is 0 Å². The molecule has 2 aliphatic rings. The summed E-state index contributed by atoms with van der Waals surface area (Å²) in [4.78, 5) is 12.3. The molecule has 4 heteroatoms. The Morgan fingerprint density at radius 3 is 2.76 bits per heavy atom. The summed E-state index contributed by atoms with van der Waals surface area (Å²) in [5.41, 5.74) is 0.691. The fourth-order valence-electron chi connectivity index (χ4n) is 2.30. The minimum Gasteiger partial charge on any atom is -0.289 e. The number of carbonyl (C=O) groups is 1. The molecule has 3 nitrogen and oxygen atoms in total. The van der Waals surface area contributed by atoms with Gasteiger partial charge in [-0.3, -0.25) is 4.79 Å². The van der Waals surface area contributed by atoms with Crippen LogP contribution in [-0.4, -0.2) is 19.5 Å². The van der Waals surface area contributed by atoms with Crippen LogP contribution in [0.4, 0.5) is 0 Å². The quantitative estimate of drug-likeness (QED) is 0.657. The summed E-state index contributed by atoms with van der Waals surface area (Å²) in [6.07, 6.45) is 5.72. The first-order chi connectivity index (χ1) is 8.12. The first-order valence-corrected chi connectivity index (χ1v) is 6.91. The predicted octanol–water partition coefficient (Wildman–Crippen LogP) is 1.91. The van der Waals surface area contributed by atoms with Crippen molar-refractivity contribution >= 4 is 15.6 Å². The van der Waals surface area contributed by atoms with Gasteiger partial charge in [0.2, 0.25) is 0 Å². The van der Waals surface area contributed by atoms with E-state index >= 15 is 0 Å². The van der Waals surface area contributed by atoms with Gasteiger partial charge >= 0.3 is 0 Å². The van der Waals surface area contributed by atoms with Crippen LogP contribution in [0.1, 0.15) is 16.8 Å². The summed E-state index contributed by atoms with van der Waals surface area (Å²) in [5.74, 6) is -0.162. The number of hydrogen-bond donors (Lipinski definition) is 0. The van der Waals surface area contributed by atoms with Gasteiger partial charge < -0.3 is 0 Å². The van der Waals surface area contributed by atoms with Crippen LogP contribution in [0.2, 0.25) is 0 Å². The molecule has 1 atom stereocenters. The van der Waals surface area contributed by atoms with Crippen molar-refractivity contribution < 1.29 is 13.2 Å². The van der Waals surface area contributed by atoms with Gasteiger partial charge in [0.1, 0.15) is 5.25 Å². The van der Waals surface area contributed by atoms with E-state index in [2.05, 4.69) is 0 Å². The van der Waals surface area contributed by atoms with E-state index in [1.54, 1.807) is 36.4 Å². The van der Waals surface area contributed by atoms with Crippen molar-refractivity contribution in [3.63, 3.8) is 0 Å². The molecule has 1 aliphatic heterocycles. The van der Waals surface area contributed by atoms with Crippen LogP contribution in [0.25, 0.3) is 0 Å².